The average molecular weight is 778 g/mol. The quantitative estimate of drug-likeness (QED) is 0.154. The van der Waals surface area contributed by atoms with E-state index in [4.69, 9.17) is 9.97 Å². The summed E-state index contributed by atoms with van der Waals surface area (Å²) in [6.45, 7) is 0. The maximum atomic E-state index is 5.17. The molecule has 2 heterocycles. The Kier molecular flexibility index (Phi) is 9.05. The first-order valence-electron chi connectivity index (χ1n) is 20.7. The fourth-order valence-electron chi connectivity index (χ4n) is 9.28. The minimum Gasteiger partial charge on any atom is -0.264 e. The van der Waals surface area contributed by atoms with Gasteiger partial charge in [0, 0.05) is 29.1 Å². The van der Waals surface area contributed by atoms with Crippen LogP contribution in [0.3, 0.4) is 0 Å². The van der Waals surface area contributed by atoms with Crippen LogP contribution in [-0.4, -0.2) is 15.0 Å². The molecule has 0 aliphatic heterocycles. The van der Waals surface area contributed by atoms with Crippen molar-refractivity contribution in [2.75, 3.05) is 0 Å². The number of rotatable bonds is 8. The van der Waals surface area contributed by atoms with Crippen LogP contribution in [0.5, 0.6) is 0 Å². The third kappa shape index (κ3) is 6.35. The predicted molar refractivity (Wildman–Crippen MR) is 250 cm³/mol. The Morgan fingerprint density at radius 1 is 0.311 bits per heavy atom. The average Bonchev–Trinajstić information content (AvgIpc) is 3.66. The molecule has 11 rings (SSSR count). The minimum atomic E-state index is -0.452. The molecule has 1 aliphatic rings. The summed E-state index contributed by atoms with van der Waals surface area (Å²) in [5.74, 6) is 0.692. The molecule has 0 spiro atoms. The number of fused-ring (bicyclic) bond motifs is 3. The van der Waals surface area contributed by atoms with Gasteiger partial charge in [-0.05, 0) is 91.0 Å². The lowest BCUT2D eigenvalue weighted by atomic mass is 9.67. The largest absolute Gasteiger partial charge is 0.264 e. The van der Waals surface area contributed by atoms with Crippen molar-refractivity contribution in [3.63, 3.8) is 0 Å². The summed E-state index contributed by atoms with van der Waals surface area (Å²) in [7, 11) is 0. The Bertz CT molecular complexity index is 3120. The second-order valence-corrected chi connectivity index (χ2v) is 15.6. The highest BCUT2D eigenvalue weighted by Gasteiger charge is 2.46. The first-order chi connectivity index (χ1) is 30.2. The molecule has 0 saturated carbocycles. The molecular formula is C58H39N3. The molecule has 0 fully saturated rings. The molecule has 0 atom stereocenters. The van der Waals surface area contributed by atoms with Crippen molar-refractivity contribution >= 4 is 0 Å². The zero-order valence-electron chi connectivity index (χ0n) is 33.4. The van der Waals surface area contributed by atoms with Gasteiger partial charge < -0.3 is 0 Å². The van der Waals surface area contributed by atoms with Crippen molar-refractivity contribution in [2.24, 2.45) is 0 Å². The van der Waals surface area contributed by atoms with Crippen molar-refractivity contribution in [1.82, 2.24) is 15.0 Å². The molecule has 0 bridgehead atoms. The number of nitrogens with zero attached hydrogens (tertiary/aromatic N) is 3. The van der Waals surface area contributed by atoms with Crippen LogP contribution in [0.2, 0.25) is 0 Å². The molecule has 0 saturated heterocycles. The molecular weight excluding hydrogens is 739 g/mol. The van der Waals surface area contributed by atoms with Gasteiger partial charge in [0.1, 0.15) is 0 Å². The molecule has 3 nitrogen and oxygen atoms in total. The fourth-order valence-corrected chi connectivity index (χ4v) is 9.28. The van der Waals surface area contributed by atoms with E-state index in [0.717, 1.165) is 50.3 Å². The van der Waals surface area contributed by atoms with Crippen molar-refractivity contribution in [2.45, 2.75) is 5.41 Å². The van der Waals surface area contributed by atoms with E-state index in [2.05, 4.69) is 205 Å². The van der Waals surface area contributed by atoms with E-state index < -0.39 is 5.41 Å². The molecule has 3 heteroatoms. The van der Waals surface area contributed by atoms with Crippen molar-refractivity contribution in [3.8, 4) is 78.4 Å². The lowest BCUT2D eigenvalue weighted by molar-refractivity contribution is 0.768. The van der Waals surface area contributed by atoms with E-state index in [9.17, 15) is 0 Å². The van der Waals surface area contributed by atoms with Crippen LogP contribution in [0, 0.1) is 0 Å². The highest BCUT2D eigenvalue weighted by Crippen LogP contribution is 2.58. The first-order valence-corrected chi connectivity index (χ1v) is 20.7. The molecule has 8 aromatic carbocycles. The van der Waals surface area contributed by atoms with Crippen LogP contribution in [-0.2, 0) is 5.41 Å². The van der Waals surface area contributed by atoms with E-state index in [0.29, 0.717) is 5.82 Å². The second-order valence-electron chi connectivity index (χ2n) is 15.6. The summed E-state index contributed by atoms with van der Waals surface area (Å²) in [5, 5.41) is 0. The SMILES string of the molecule is c1ccc(-c2nc(-c3ccc(-c4cccnc4)cc3)cc(-c3cccc(-c4cccc(-c5cccc6c5-c5ccccc5C6(c5ccccc5)c5ccccc5)c4)c3)n2)cc1. The summed E-state index contributed by atoms with van der Waals surface area (Å²) in [5.41, 5.74) is 18.9. The van der Waals surface area contributed by atoms with Gasteiger partial charge in [0.05, 0.1) is 16.8 Å². The maximum absolute atomic E-state index is 5.17. The Morgan fingerprint density at radius 3 is 1.51 bits per heavy atom. The number of aromatic nitrogens is 3. The third-order valence-electron chi connectivity index (χ3n) is 12.1. The lowest BCUT2D eigenvalue weighted by Gasteiger charge is -2.34. The molecule has 61 heavy (non-hydrogen) atoms. The smallest absolute Gasteiger partial charge is 0.160 e. The summed E-state index contributed by atoms with van der Waals surface area (Å²) in [4.78, 5) is 14.6. The van der Waals surface area contributed by atoms with Crippen molar-refractivity contribution < 1.29 is 0 Å². The molecule has 1 aliphatic carbocycles. The summed E-state index contributed by atoms with van der Waals surface area (Å²) < 4.78 is 0. The van der Waals surface area contributed by atoms with E-state index in [-0.39, 0.29) is 0 Å². The molecule has 0 N–H and O–H groups in total. The van der Waals surface area contributed by atoms with E-state index in [1.54, 1.807) is 6.20 Å². The number of pyridine rings is 1. The normalized spacial score (nSPS) is 12.4. The molecule has 0 unspecified atom stereocenters. The molecule has 286 valence electrons. The van der Waals surface area contributed by atoms with Gasteiger partial charge in [0.2, 0.25) is 0 Å². The van der Waals surface area contributed by atoms with Gasteiger partial charge in [0.15, 0.2) is 5.82 Å². The van der Waals surface area contributed by atoms with E-state index >= 15 is 0 Å². The lowest BCUT2D eigenvalue weighted by Crippen LogP contribution is -2.28. The second kappa shape index (κ2) is 15.3. The van der Waals surface area contributed by atoms with Crippen LogP contribution < -0.4 is 0 Å². The van der Waals surface area contributed by atoms with E-state index in [1.165, 1.54) is 44.5 Å². The van der Waals surface area contributed by atoms with Gasteiger partial charge in [-0.15, -0.1) is 0 Å². The minimum absolute atomic E-state index is 0.452. The van der Waals surface area contributed by atoms with E-state index in [1.807, 2.05) is 30.5 Å². The third-order valence-corrected chi connectivity index (χ3v) is 12.1. The van der Waals surface area contributed by atoms with Crippen molar-refractivity contribution in [1.29, 1.82) is 0 Å². The van der Waals surface area contributed by atoms with Gasteiger partial charge >= 0.3 is 0 Å². The maximum Gasteiger partial charge on any atom is 0.160 e. The van der Waals surface area contributed by atoms with Gasteiger partial charge in [-0.25, -0.2) is 9.97 Å². The van der Waals surface area contributed by atoms with Crippen LogP contribution in [0.25, 0.3) is 78.4 Å². The van der Waals surface area contributed by atoms with Crippen molar-refractivity contribution in [3.05, 3.63) is 259 Å². The van der Waals surface area contributed by atoms with Gasteiger partial charge in [-0.3, -0.25) is 4.98 Å². The molecule has 10 aromatic rings. The van der Waals surface area contributed by atoms with Gasteiger partial charge in [-0.2, -0.15) is 0 Å². The molecule has 0 radical (unpaired) electrons. The summed E-state index contributed by atoms with van der Waals surface area (Å²) in [6.07, 6.45) is 3.69. The standard InChI is InChI=1S/C58H39N3/c1-4-16-42(17-5-1)57-60-54(41-33-31-40(32-34-41)47-22-15-35-59-39-47)38-55(61-57)46-21-13-19-44(37-46)43-18-12-20-45(36-43)50-28-14-30-53-56(50)51-27-10-11-29-52(51)58(53,48-23-6-2-7-24-48)49-25-8-3-9-26-49/h1-39H. The van der Waals surface area contributed by atoms with Crippen LogP contribution in [0.1, 0.15) is 22.3 Å². The van der Waals surface area contributed by atoms with Gasteiger partial charge in [0.25, 0.3) is 0 Å². The molecule has 2 aromatic heterocycles. The van der Waals surface area contributed by atoms with Crippen LogP contribution >= 0.6 is 0 Å². The number of hydrogen-bond acceptors (Lipinski definition) is 3. The Hall–Kier alpha value is -8.01. The Labute approximate surface area is 356 Å². The zero-order chi connectivity index (χ0) is 40.6. The number of hydrogen-bond donors (Lipinski definition) is 0. The first kappa shape index (κ1) is 36.1. The fraction of sp³-hybridized carbons (Fsp3) is 0.0172. The monoisotopic (exact) mass is 777 g/mol. The highest BCUT2D eigenvalue weighted by atomic mass is 14.9. The highest BCUT2D eigenvalue weighted by molar-refractivity contribution is 5.96. The summed E-state index contributed by atoms with van der Waals surface area (Å²) >= 11 is 0. The summed E-state index contributed by atoms with van der Waals surface area (Å²) in [6, 6.07) is 80.4. The molecule has 0 amide bonds. The predicted octanol–water partition coefficient (Wildman–Crippen LogP) is 14.2. The van der Waals surface area contributed by atoms with Crippen LogP contribution in [0.15, 0.2) is 237 Å². The Balaban J connectivity index is 1.01. The van der Waals surface area contributed by atoms with Crippen LogP contribution in [0.4, 0.5) is 0 Å². The van der Waals surface area contributed by atoms with Gasteiger partial charge in [-0.1, -0.05) is 200 Å². The zero-order valence-corrected chi connectivity index (χ0v) is 33.4. The Morgan fingerprint density at radius 2 is 0.820 bits per heavy atom. The number of benzene rings is 8. The topological polar surface area (TPSA) is 38.7 Å².